The molecule has 1 fully saturated rings. The van der Waals surface area contributed by atoms with E-state index in [0.717, 1.165) is 67.2 Å². The Hall–Kier alpha value is -3.99. The molecule has 0 radical (unpaired) electrons. The van der Waals surface area contributed by atoms with E-state index in [-0.39, 0.29) is 5.91 Å². The number of hydrogen-bond donors (Lipinski definition) is 2. The van der Waals surface area contributed by atoms with Crippen molar-refractivity contribution in [2.45, 2.75) is 32.2 Å². The highest BCUT2D eigenvalue weighted by Gasteiger charge is 2.27. The van der Waals surface area contributed by atoms with E-state index in [9.17, 15) is 4.79 Å². The van der Waals surface area contributed by atoms with Gasteiger partial charge in [0.25, 0.3) is 5.91 Å². The molecule has 0 saturated carbocycles. The first-order valence-corrected chi connectivity index (χ1v) is 13.0. The van der Waals surface area contributed by atoms with Gasteiger partial charge in [0.05, 0.1) is 6.20 Å². The van der Waals surface area contributed by atoms with Gasteiger partial charge in [0.2, 0.25) is 0 Å². The van der Waals surface area contributed by atoms with Crippen molar-refractivity contribution >= 4 is 17.2 Å². The van der Waals surface area contributed by atoms with Crippen LogP contribution in [-0.4, -0.2) is 51.6 Å². The molecule has 2 N–H and O–H groups in total. The number of imidazole rings is 1. The topological polar surface area (TPSA) is 74.6 Å². The maximum atomic E-state index is 13.2. The van der Waals surface area contributed by atoms with Crippen LogP contribution in [0.1, 0.15) is 57.2 Å². The van der Waals surface area contributed by atoms with Gasteiger partial charge in [0.15, 0.2) is 5.65 Å². The Kier molecular flexibility index (Phi) is 6.44. The van der Waals surface area contributed by atoms with E-state index >= 15 is 0 Å². The average Bonchev–Trinajstić information content (AvgIpc) is 3.36. The van der Waals surface area contributed by atoms with Crippen LogP contribution in [0.3, 0.4) is 0 Å². The Balaban J connectivity index is 1.20. The van der Waals surface area contributed by atoms with E-state index in [0.29, 0.717) is 11.6 Å². The minimum atomic E-state index is -0.0964. The number of aromatic nitrogens is 3. The summed E-state index contributed by atoms with van der Waals surface area (Å²) < 4.78 is 1.72. The molecule has 2 aromatic heterocycles. The number of carbonyl (C=O) groups is 1. The van der Waals surface area contributed by atoms with Crippen molar-refractivity contribution in [3.05, 3.63) is 94.4 Å². The van der Waals surface area contributed by atoms with Gasteiger partial charge >= 0.3 is 0 Å². The molecular formula is C30H30N6O. The first-order valence-electron chi connectivity index (χ1n) is 13.0. The van der Waals surface area contributed by atoms with Crippen LogP contribution >= 0.6 is 0 Å². The molecule has 0 bridgehead atoms. The molecule has 1 unspecified atom stereocenters. The predicted molar refractivity (Wildman–Crippen MR) is 145 cm³/mol. The normalized spacial score (nSPS) is 17.6. The van der Waals surface area contributed by atoms with E-state index in [4.69, 9.17) is 0 Å². The number of nitrogens with one attached hydrogen (secondary N) is 2. The zero-order valence-corrected chi connectivity index (χ0v) is 21.0. The van der Waals surface area contributed by atoms with Gasteiger partial charge in [-0.2, -0.15) is 5.10 Å². The molecule has 7 heteroatoms. The van der Waals surface area contributed by atoms with E-state index in [2.05, 4.69) is 49.6 Å². The lowest BCUT2D eigenvalue weighted by molar-refractivity contribution is 0.102. The number of piperazine rings is 1. The first kappa shape index (κ1) is 23.4. The highest BCUT2D eigenvalue weighted by Crippen LogP contribution is 2.35. The first-order chi connectivity index (χ1) is 18.2. The van der Waals surface area contributed by atoms with Crippen LogP contribution in [-0.2, 0) is 6.42 Å². The van der Waals surface area contributed by atoms with Crippen LogP contribution in [0, 0.1) is 18.8 Å². The van der Waals surface area contributed by atoms with E-state index in [1.54, 1.807) is 16.9 Å². The molecule has 6 rings (SSSR count). The Morgan fingerprint density at radius 3 is 2.89 bits per heavy atom. The van der Waals surface area contributed by atoms with E-state index < -0.39 is 0 Å². The van der Waals surface area contributed by atoms with Crippen LogP contribution in [0.15, 0.2) is 60.9 Å². The molecule has 3 heterocycles. The number of anilines is 1. The van der Waals surface area contributed by atoms with Crippen LogP contribution < -0.4 is 10.6 Å². The molecule has 2 aliphatic rings. The van der Waals surface area contributed by atoms with Crippen molar-refractivity contribution < 1.29 is 4.79 Å². The van der Waals surface area contributed by atoms with E-state index in [1.807, 2.05) is 43.3 Å². The standard InChI is InChI=1S/C30H30N6O/c1-21-7-10-25(19-22(21)8-11-26-20-32-29-6-3-13-33-36(26)29)34-30(37)24-9-12-27-23(18-24)4-2-5-28(27)35-16-14-31-15-17-35/h3,6-7,9-10,12-13,18-20,28,31H,2,4-5,14-17H2,1H3,(H,34,37). The van der Waals surface area contributed by atoms with Crippen LogP contribution in [0.2, 0.25) is 0 Å². The van der Waals surface area contributed by atoms with Crippen molar-refractivity contribution in [2.75, 3.05) is 31.5 Å². The van der Waals surface area contributed by atoms with Gasteiger partial charge in [-0.1, -0.05) is 18.1 Å². The van der Waals surface area contributed by atoms with Crippen molar-refractivity contribution in [3.8, 4) is 11.8 Å². The van der Waals surface area contributed by atoms with Crippen LogP contribution in [0.4, 0.5) is 5.69 Å². The Labute approximate surface area is 216 Å². The molecule has 37 heavy (non-hydrogen) atoms. The Morgan fingerprint density at radius 2 is 2.00 bits per heavy atom. The highest BCUT2D eigenvalue weighted by atomic mass is 16.1. The summed E-state index contributed by atoms with van der Waals surface area (Å²) in [4.78, 5) is 20.1. The molecule has 0 spiro atoms. The largest absolute Gasteiger partial charge is 0.322 e. The van der Waals surface area contributed by atoms with Crippen molar-refractivity contribution in [1.82, 2.24) is 24.8 Å². The third kappa shape index (κ3) is 4.86. The number of fused-ring (bicyclic) bond motifs is 2. The molecule has 7 nitrogen and oxygen atoms in total. The molecule has 1 amide bonds. The lowest BCUT2D eigenvalue weighted by Crippen LogP contribution is -2.45. The molecule has 4 aromatic rings. The van der Waals surface area contributed by atoms with Gasteiger partial charge in [0, 0.05) is 55.2 Å². The van der Waals surface area contributed by atoms with Gasteiger partial charge < -0.3 is 10.6 Å². The molecule has 2 aromatic carbocycles. The second-order valence-corrected chi connectivity index (χ2v) is 9.78. The summed E-state index contributed by atoms with van der Waals surface area (Å²) in [6.07, 6.45) is 6.82. The molecule has 1 atom stereocenters. The summed E-state index contributed by atoms with van der Waals surface area (Å²) in [5.74, 6) is 6.30. The Morgan fingerprint density at radius 1 is 1.11 bits per heavy atom. The second-order valence-electron chi connectivity index (χ2n) is 9.78. The number of carbonyl (C=O) groups excluding carboxylic acids is 1. The van der Waals surface area contributed by atoms with Gasteiger partial charge in [-0.15, -0.1) is 0 Å². The number of hydrogen-bond acceptors (Lipinski definition) is 5. The highest BCUT2D eigenvalue weighted by molar-refractivity contribution is 6.04. The zero-order chi connectivity index (χ0) is 25.2. The van der Waals surface area contributed by atoms with Gasteiger partial charge in [-0.25, -0.2) is 9.50 Å². The maximum absolute atomic E-state index is 13.2. The summed E-state index contributed by atoms with van der Waals surface area (Å²) in [6.45, 7) is 6.27. The van der Waals surface area contributed by atoms with Crippen LogP contribution in [0.25, 0.3) is 5.65 Å². The minimum absolute atomic E-state index is 0.0964. The summed E-state index contributed by atoms with van der Waals surface area (Å²) in [5, 5.41) is 10.8. The summed E-state index contributed by atoms with van der Waals surface area (Å²) >= 11 is 0. The maximum Gasteiger partial charge on any atom is 0.255 e. The predicted octanol–water partition coefficient (Wildman–Crippen LogP) is 3.97. The van der Waals surface area contributed by atoms with E-state index in [1.165, 1.54) is 17.5 Å². The SMILES string of the molecule is Cc1ccc(NC(=O)c2ccc3c(c2)CCCC3N2CCNCC2)cc1C#Cc1cnc2cccnn12. The fraction of sp³-hybridized carbons (Fsp3) is 0.300. The summed E-state index contributed by atoms with van der Waals surface area (Å²) in [5.41, 5.74) is 7.50. The molecule has 186 valence electrons. The number of rotatable bonds is 3. The number of nitrogens with zero attached hydrogens (tertiary/aromatic N) is 4. The number of benzene rings is 2. The minimum Gasteiger partial charge on any atom is -0.322 e. The molecule has 1 aliphatic heterocycles. The number of amides is 1. The molecule has 1 aliphatic carbocycles. The quantitative estimate of drug-likeness (QED) is 0.425. The molecule has 1 saturated heterocycles. The van der Waals surface area contributed by atoms with Gasteiger partial charge in [-0.05, 0) is 85.2 Å². The smallest absolute Gasteiger partial charge is 0.255 e. The lowest BCUT2D eigenvalue weighted by atomic mass is 9.85. The monoisotopic (exact) mass is 490 g/mol. The van der Waals surface area contributed by atoms with Gasteiger partial charge in [-0.3, -0.25) is 9.69 Å². The fourth-order valence-corrected chi connectivity index (χ4v) is 5.39. The summed E-state index contributed by atoms with van der Waals surface area (Å²) in [7, 11) is 0. The zero-order valence-electron chi connectivity index (χ0n) is 21.0. The van der Waals surface area contributed by atoms with Gasteiger partial charge in [0.1, 0.15) is 5.69 Å². The van der Waals surface area contributed by atoms with Crippen molar-refractivity contribution in [1.29, 1.82) is 0 Å². The lowest BCUT2D eigenvalue weighted by Gasteiger charge is -2.38. The second kappa shape index (κ2) is 10.2. The summed E-state index contributed by atoms with van der Waals surface area (Å²) in [6, 6.07) is 16.3. The Bertz CT molecular complexity index is 1520. The average molecular weight is 491 g/mol. The third-order valence-corrected chi connectivity index (χ3v) is 7.38. The van der Waals surface area contributed by atoms with Crippen molar-refractivity contribution in [3.63, 3.8) is 0 Å². The third-order valence-electron chi connectivity index (χ3n) is 7.38. The van der Waals surface area contributed by atoms with Crippen molar-refractivity contribution in [2.24, 2.45) is 0 Å². The molecular weight excluding hydrogens is 460 g/mol. The number of aryl methyl sites for hydroxylation is 2. The fourth-order valence-electron chi connectivity index (χ4n) is 5.39. The van der Waals surface area contributed by atoms with Crippen LogP contribution in [0.5, 0.6) is 0 Å².